The Bertz CT molecular complexity index is 866. The lowest BCUT2D eigenvalue weighted by Crippen LogP contribution is -2.27. The third-order valence-corrected chi connectivity index (χ3v) is 3.44. The average molecular weight is 356 g/mol. The van der Waals surface area contributed by atoms with Crippen molar-refractivity contribution in [2.24, 2.45) is 0 Å². The van der Waals surface area contributed by atoms with Crippen LogP contribution in [0.25, 0.3) is 11.4 Å². The Labute approximate surface area is 148 Å². The summed E-state index contributed by atoms with van der Waals surface area (Å²) in [6.07, 6.45) is 3.04. The fourth-order valence-corrected chi connectivity index (χ4v) is 2.12. The Morgan fingerprint density at radius 2 is 2.19 bits per heavy atom. The molecule has 1 amide bonds. The van der Waals surface area contributed by atoms with Gasteiger partial charge >= 0.3 is 0 Å². The van der Waals surface area contributed by atoms with Crippen molar-refractivity contribution < 1.29 is 19.2 Å². The summed E-state index contributed by atoms with van der Waals surface area (Å²) in [7, 11) is 0. The topological polar surface area (TPSA) is 136 Å². The number of nitrogens with zero attached hydrogens (tertiary/aromatic N) is 5. The summed E-state index contributed by atoms with van der Waals surface area (Å²) in [5, 5.41) is 22.9. The average Bonchev–Trinajstić information content (AvgIpc) is 3.06. The van der Waals surface area contributed by atoms with E-state index in [-0.39, 0.29) is 31.3 Å². The van der Waals surface area contributed by atoms with E-state index in [4.69, 9.17) is 14.4 Å². The molecule has 10 nitrogen and oxygen atoms in total. The molecule has 0 aromatic carbocycles. The van der Waals surface area contributed by atoms with Gasteiger partial charge in [0.2, 0.25) is 5.88 Å². The van der Waals surface area contributed by atoms with Gasteiger partial charge in [-0.05, 0) is 19.1 Å². The van der Waals surface area contributed by atoms with Crippen LogP contribution in [0.3, 0.4) is 0 Å². The number of rotatable bonds is 7. The van der Waals surface area contributed by atoms with E-state index >= 15 is 0 Å². The molecule has 2 N–H and O–H groups in total. The number of aryl methyl sites for hydroxylation is 1. The number of ether oxygens (including phenoxy) is 1. The van der Waals surface area contributed by atoms with Crippen molar-refractivity contribution in [1.29, 1.82) is 0 Å². The third kappa shape index (κ3) is 3.98. The highest BCUT2D eigenvalue weighted by molar-refractivity contribution is 5.92. The van der Waals surface area contributed by atoms with Crippen LogP contribution in [0, 0.1) is 6.92 Å². The molecule has 0 spiro atoms. The van der Waals surface area contributed by atoms with Crippen LogP contribution in [-0.4, -0.2) is 49.5 Å². The van der Waals surface area contributed by atoms with Crippen molar-refractivity contribution in [1.82, 2.24) is 30.6 Å². The molecule has 0 saturated heterocycles. The normalized spacial score (nSPS) is 10.5. The first kappa shape index (κ1) is 17.4. The molecule has 3 heterocycles. The van der Waals surface area contributed by atoms with Crippen LogP contribution < -0.4 is 10.1 Å². The fraction of sp³-hybridized carbons (Fsp3) is 0.250. The van der Waals surface area contributed by atoms with Gasteiger partial charge in [0.05, 0.1) is 17.9 Å². The Balaban J connectivity index is 1.68. The monoisotopic (exact) mass is 356 g/mol. The molecule has 0 atom stereocenters. The van der Waals surface area contributed by atoms with Gasteiger partial charge in [-0.15, -0.1) is 10.2 Å². The van der Waals surface area contributed by atoms with E-state index < -0.39 is 5.91 Å². The molecule has 0 radical (unpaired) electrons. The standard InChI is InChI=1S/C16H16N6O4/c1-10-11(15(22-26-10)12-4-5-17-9-19-12)8-25-14-3-2-13(20-21-14)16(24)18-6-7-23/h2-5,9,23H,6-8H2,1H3,(H,18,24). The zero-order valence-electron chi connectivity index (χ0n) is 13.9. The maximum atomic E-state index is 11.7. The van der Waals surface area contributed by atoms with Gasteiger partial charge in [0, 0.05) is 18.8 Å². The number of hydrogen-bond acceptors (Lipinski definition) is 9. The molecule has 0 aliphatic heterocycles. The summed E-state index contributed by atoms with van der Waals surface area (Å²) in [5.74, 6) is 0.434. The predicted molar refractivity (Wildman–Crippen MR) is 88.0 cm³/mol. The van der Waals surface area contributed by atoms with Crippen LogP contribution >= 0.6 is 0 Å². The summed E-state index contributed by atoms with van der Waals surface area (Å²) < 4.78 is 10.8. The van der Waals surface area contributed by atoms with Gasteiger partial charge in [-0.3, -0.25) is 4.79 Å². The van der Waals surface area contributed by atoms with Crippen molar-refractivity contribution in [2.75, 3.05) is 13.2 Å². The van der Waals surface area contributed by atoms with E-state index in [2.05, 4.69) is 30.6 Å². The highest BCUT2D eigenvalue weighted by Crippen LogP contribution is 2.24. The van der Waals surface area contributed by atoms with E-state index in [1.165, 1.54) is 18.5 Å². The summed E-state index contributed by atoms with van der Waals surface area (Å²) in [6.45, 7) is 1.93. The number of aromatic nitrogens is 5. The molecule has 3 aromatic heterocycles. The second kappa shape index (κ2) is 8.12. The number of aliphatic hydroxyl groups excluding tert-OH is 1. The largest absolute Gasteiger partial charge is 0.472 e. The van der Waals surface area contributed by atoms with E-state index in [9.17, 15) is 4.79 Å². The maximum Gasteiger partial charge on any atom is 0.271 e. The van der Waals surface area contributed by atoms with Crippen LogP contribution in [0.1, 0.15) is 21.8 Å². The molecule has 0 unspecified atom stereocenters. The van der Waals surface area contributed by atoms with Crippen LogP contribution in [0.2, 0.25) is 0 Å². The lowest BCUT2D eigenvalue weighted by molar-refractivity contribution is 0.0938. The van der Waals surface area contributed by atoms with Gasteiger partial charge in [-0.2, -0.15) is 0 Å². The predicted octanol–water partition coefficient (Wildman–Crippen LogP) is 0.531. The van der Waals surface area contributed by atoms with Crippen molar-refractivity contribution in [3.05, 3.63) is 47.7 Å². The van der Waals surface area contributed by atoms with Crippen molar-refractivity contribution >= 4 is 5.91 Å². The molecule has 26 heavy (non-hydrogen) atoms. The molecule has 3 aromatic rings. The summed E-state index contributed by atoms with van der Waals surface area (Å²) in [4.78, 5) is 19.7. The number of hydrogen-bond donors (Lipinski definition) is 2. The van der Waals surface area contributed by atoms with E-state index in [0.717, 1.165) is 5.56 Å². The Morgan fingerprint density at radius 3 is 2.88 bits per heavy atom. The van der Waals surface area contributed by atoms with Gasteiger partial charge < -0.3 is 19.7 Å². The summed E-state index contributed by atoms with van der Waals surface area (Å²) in [6, 6.07) is 4.75. The van der Waals surface area contributed by atoms with Gasteiger partial charge in [-0.1, -0.05) is 5.16 Å². The Hall–Kier alpha value is -3.40. The van der Waals surface area contributed by atoms with E-state index in [1.807, 2.05) is 0 Å². The number of amides is 1. The Morgan fingerprint density at radius 1 is 1.31 bits per heavy atom. The molecule has 0 saturated carbocycles. The molecule has 0 fully saturated rings. The van der Waals surface area contributed by atoms with Gasteiger partial charge in [0.1, 0.15) is 24.4 Å². The number of nitrogens with one attached hydrogen (secondary N) is 1. The zero-order valence-corrected chi connectivity index (χ0v) is 13.9. The fourth-order valence-electron chi connectivity index (χ4n) is 2.12. The highest BCUT2D eigenvalue weighted by atomic mass is 16.5. The van der Waals surface area contributed by atoms with Crippen LogP contribution in [-0.2, 0) is 6.61 Å². The van der Waals surface area contributed by atoms with Gasteiger partial charge in [0.15, 0.2) is 5.69 Å². The first-order chi connectivity index (χ1) is 12.7. The lowest BCUT2D eigenvalue weighted by Gasteiger charge is -2.06. The summed E-state index contributed by atoms with van der Waals surface area (Å²) >= 11 is 0. The van der Waals surface area contributed by atoms with Gasteiger partial charge in [-0.25, -0.2) is 9.97 Å². The van der Waals surface area contributed by atoms with Crippen LogP contribution in [0.15, 0.2) is 35.2 Å². The molecule has 10 heteroatoms. The lowest BCUT2D eigenvalue weighted by atomic mass is 10.1. The minimum atomic E-state index is -0.418. The van der Waals surface area contributed by atoms with Crippen molar-refractivity contribution in [2.45, 2.75) is 13.5 Å². The third-order valence-electron chi connectivity index (χ3n) is 3.44. The van der Waals surface area contributed by atoms with E-state index in [0.29, 0.717) is 17.1 Å². The van der Waals surface area contributed by atoms with Crippen LogP contribution in [0.5, 0.6) is 5.88 Å². The number of carbonyl (C=O) groups excluding carboxylic acids is 1. The number of carbonyl (C=O) groups is 1. The van der Waals surface area contributed by atoms with Gasteiger partial charge in [0.25, 0.3) is 5.91 Å². The molecule has 3 rings (SSSR count). The molecule has 134 valence electrons. The first-order valence-corrected chi connectivity index (χ1v) is 7.76. The second-order valence-corrected chi connectivity index (χ2v) is 5.19. The highest BCUT2D eigenvalue weighted by Gasteiger charge is 2.17. The first-order valence-electron chi connectivity index (χ1n) is 7.76. The molecular weight excluding hydrogens is 340 g/mol. The van der Waals surface area contributed by atoms with E-state index in [1.54, 1.807) is 19.2 Å². The Kier molecular flexibility index (Phi) is 5.44. The SMILES string of the molecule is Cc1onc(-c2ccncn2)c1COc1ccc(C(=O)NCCO)nn1. The van der Waals surface area contributed by atoms with Crippen molar-refractivity contribution in [3.63, 3.8) is 0 Å². The molecule has 0 aliphatic rings. The van der Waals surface area contributed by atoms with Crippen molar-refractivity contribution in [3.8, 4) is 17.3 Å². The minimum absolute atomic E-state index is 0.133. The molecule has 0 bridgehead atoms. The maximum absolute atomic E-state index is 11.7. The molecule has 0 aliphatic carbocycles. The van der Waals surface area contributed by atoms with Crippen LogP contribution in [0.4, 0.5) is 0 Å². The summed E-state index contributed by atoms with van der Waals surface area (Å²) in [5.41, 5.74) is 2.05. The smallest absolute Gasteiger partial charge is 0.271 e. The quantitative estimate of drug-likeness (QED) is 0.621. The minimum Gasteiger partial charge on any atom is -0.472 e. The molecular formula is C16H16N6O4. The second-order valence-electron chi connectivity index (χ2n) is 5.19. The number of aliphatic hydroxyl groups is 1. The zero-order chi connectivity index (χ0) is 18.4.